The molecule has 21 heavy (non-hydrogen) atoms. The minimum absolute atomic E-state index is 0.325. The van der Waals surface area contributed by atoms with E-state index in [-0.39, 0.29) is 0 Å². The van der Waals surface area contributed by atoms with Crippen LogP contribution < -0.4 is 10.2 Å². The number of hydrogen-bond donors (Lipinski definition) is 2. The Morgan fingerprint density at radius 1 is 1.43 bits per heavy atom. The number of ether oxygens (including phenoxy) is 2. The van der Waals surface area contributed by atoms with Crippen molar-refractivity contribution in [1.29, 1.82) is 0 Å². The van der Waals surface area contributed by atoms with Crippen LogP contribution in [0.15, 0.2) is 18.2 Å². The second kappa shape index (κ2) is 7.80. The summed E-state index contributed by atoms with van der Waals surface area (Å²) in [6, 6.07) is 5.54. The molecule has 116 valence electrons. The van der Waals surface area contributed by atoms with Crippen LogP contribution >= 0.6 is 0 Å². The van der Waals surface area contributed by atoms with Gasteiger partial charge in [0.05, 0.1) is 13.2 Å². The molecule has 1 unspecified atom stereocenters. The Bertz CT molecular complexity index is 449. The minimum Gasteiger partial charge on any atom is -0.497 e. The average molecular weight is 293 g/mol. The van der Waals surface area contributed by atoms with Crippen LogP contribution in [0, 0.1) is 0 Å². The van der Waals surface area contributed by atoms with Gasteiger partial charge < -0.3 is 19.5 Å². The molecule has 2 N–H and O–H groups in total. The Morgan fingerprint density at radius 3 is 2.81 bits per heavy atom. The van der Waals surface area contributed by atoms with E-state index in [1.807, 2.05) is 6.07 Å². The molecular weight excluding hydrogens is 269 g/mol. The van der Waals surface area contributed by atoms with Crippen LogP contribution in [-0.2, 0) is 11.3 Å². The first kappa shape index (κ1) is 16.3. The van der Waals surface area contributed by atoms with Crippen molar-refractivity contribution in [3.8, 4) is 5.75 Å². The lowest BCUT2D eigenvalue weighted by atomic mass is 9.78. The predicted molar refractivity (Wildman–Crippen MR) is 82.7 cm³/mol. The Balaban J connectivity index is 2.04. The molecule has 6 heteroatoms. The van der Waals surface area contributed by atoms with Crippen LogP contribution in [0.1, 0.15) is 25.3 Å². The van der Waals surface area contributed by atoms with Crippen LogP contribution in [-0.4, -0.2) is 55.0 Å². The quantitative estimate of drug-likeness (QED) is 0.712. The van der Waals surface area contributed by atoms with Crippen molar-refractivity contribution in [2.45, 2.75) is 32.4 Å². The molecule has 1 heterocycles. The molecule has 1 aliphatic heterocycles. The number of methoxy groups -OCH3 is 1. The van der Waals surface area contributed by atoms with Crippen molar-refractivity contribution in [2.75, 3.05) is 26.8 Å². The Morgan fingerprint density at radius 2 is 2.24 bits per heavy atom. The standard InChI is InChI=1S/C15H24BNO4/c1-3-17(11-13-5-4-8-21-13)10-12-6-7-15(20-2)14(9-12)16(18)19/h6-7,9,13,18-19H,3-5,8,10-11H2,1-2H3. The lowest BCUT2D eigenvalue weighted by Crippen LogP contribution is -2.34. The third-order valence-corrected chi connectivity index (χ3v) is 3.91. The van der Waals surface area contributed by atoms with E-state index in [0.29, 0.717) is 17.3 Å². The molecule has 2 rings (SSSR count). The molecule has 5 nitrogen and oxygen atoms in total. The maximum atomic E-state index is 9.42. The molecule has 0 saturated carbocycles. The molecule has 0 amide bonds. The third-order valence-electron chi connectivity index (χ3n) is 3.91. The van der Waals surface area contributed by atoms with E-state index in [1.165, 1.54) is 7.11 Å². The maximum absolute atomic E-state index is 9.42. The topological polar surface area (TPSA) is 62.2 Å². The van der Waals surface area contributed by atoms with Crippen LogP contribution in [0.5, 0.6) is 5.75 Å². The number of hydrogen-bond acceptors (Lipinski definition) is 5. The van der Waals surface area contributed by atoms with Gasteiger partial charge in [-0.1, -0.05) is 19.1 Å². The summed E-state index contributed by atoms with van der Waals surface area (Å²) in [5, 5.41) is 18.8. The van der Waals surface area contributed by atoms with Gasteiger partial charge in [0.25, 0.3) is 0 Å². The molecule has 0 aromatic heterocycles. The van der Waals surface area contributed by atoms with E-state index in [1.54, 1.807) is 12.1 Å². The highest BCUT2D eigenvalue weighted by molar-refractivity contribution is 6.59. The average Bonchev–Trinajstić information content (AvgIpc) is 2.99. The molecular formula is C15H24BNO4. The smallest absolute Gasteiger partial charge is 0.492 e. The van der Waals surface area contributed by atoms with Crippen LogP contribution in [0.4, 0.5) is 0 Å². The first-order chi connectivity index (χ1) is 10.1. The van der Waals surface area contributed by atoms with E-state index in [0.717, 1.165) is 44.6 Å². The largest absolute Gasteiger partial charge is 0.497 e. The first-order valence-electron chi connectivity index (χ1n) is 7.51. The summed E-state index contributed by atoms with van der Waals surface area (Å²) in [6.45, 7) is 5.61. The SMILES string of the molecule is CCN(Cc1ccc(OC)c(B(O)O)c1)CC1CCCO1. The van der Waals surface area contributed by atoms with E-state index in [4.69, 9.17) is 9.47 Å². The second-order valence-electron chi connectivity index (χ2n) is 5.41. The van der Waals surface area contributed by atoms with Crippen LogP contribution in [0.3, 0.4) is 0 Å². The predicted octanol–water partition coefficient (Wildman–Crippen LogP) is 0.376. The highest BCUT2D eigenvalue weighted by Crippen LogP contribution is 2.16. The van der Waals surface area contributed by atoms with Crippen molar-refractivity contribution in [2.24, 2.45) is 0 Å². The van der Waals surface area contributed by atoms with Gasteiger partial charge >= 0.3 is 7.12 Å². The molecule has 0 aliphatic carbocycles. The van der Waals surface area contributed by atoms with Crippen molar-refractivity contribution in [1.82, 2.24) is 4.90 Å². The van der Waals surface area contributed by atoms with E-state index in [9.17, 15) is 10.0 Å². The number of likely N-dealkylation sites (N-methyl/N-ethyl adjacent to an activating group) is 1. The maximum Gasteiger partial charge on any atom is 0.492 e. The normalized spacial score (nSPS) is 18.2. The molecule has 1 aromatic rings. The fourth-order valence-corrected chi connectivity index (χ4v) is 2.72. The molecule has 1 atom stereocenters. The van der Waals surface area contributed by atoms with Gasteiger partial charge in [0.1, 0.15) is 5.75 Å². The fourth-order valence-electron chi connectivity index (χ4n) is 2.72. The fraction of sp³-hybridized carbons (Fsp3) is 0.600. The number of benzene rings is 1. The van der Waals surface area contributed by atoms with Gasteiger partial charge in [-0.25, -0.2) is 0 Å². The second-order valence-corrected chi connectivity index (χ2v) is 5.41. The lowest BCUT2D eigenvalue weighted by molar-refractivity contribution is 0.0725. The Hall–Kier alpha value is -1.08. The van der Waals surface area contributed by atoms with Gasteiger partial charge in [0.15, 0.2) is 0 Å². The van der Waals surface area contributed by atoms with Gasteiger partial charge in [-0.3, -0.25) is 4.90 Å². The molecule has 1 aromatic carbocycles. The zero-order valence-electron chi connectivity index (χ0n) is 12.8. The number of nitrogens with zero attached hydrogens (tertiary/aromatic N) is 1. The van der Waals surface area contributed by atoms with Gasteiger partial charge in [0.2, 0.25) is 0 Å². The van der Waals surface area contributed by atoms with Crippen LogP contribution in [0.25, 0.3) is 0 Å². The summed E-state index contributed by atoms with van der Waals surface area (Å²) in [5.41, 5.74) is 1.45. The summed E-state index contributed by atoms with van der Waals surface area (Å²) in [5.74, 6) is 0.496. The van der Waals surface area contributed by atoms with Crippen molar-refractivity contribution in [3.05, 3.63) is 23.8 Å². The summed E-state index contributed by atoms with van der Waals surface area (Å²) in [6.07, 6.45) is 2.59. The molecule has 0 radical (unpaired) electrons. The number of rotatable bonds is 7. The Kier molecular flexibility index (Phi) is 6.05. The first-order valence-corrected chi connectivity index (χ1v) is 7.51. The lowest BCUT2D eigenvalue weighted by Gasteiger charge is -2.24. The van der Waals surface area contributed by atoms with Gasteiger partial charge in [-0.15, -0.1) is 0 Å². The highest BCUT2D eigenvalue weighted by atomic mass is 16.5. The van der Waals surface area contributed by atoms with Gasteiger partial charge in [-0.05, 0) is 31.0 Å². The third kappa shape index (κ3) is 4.44. The summed E-state index contributed by atoms with van der Waals surface area (Å²) < 4.78 is 10.8. The molecule has 0 spiro atoms. The van der Waals surface area contributed by atoms with Crippen molar-refractivity contribution < 1.29 is 19.5 Å². The van der Waals surface area contributed by atoms with Crippen molar-refractivity contribution >= 4 is 12.6 Å². The summed E-state index contributed by atoms with van der Waals surface area (Å²) in [4.78, 5) is 2.31. The molecule has 1 fully saturated rings. The Labute approximate surface area is 126 Å². The van der Waals surface area contributed by atoms with E-state index < -0.39 is 7.12 Å². The van der Waals surface area contributed by atoms with Crippen molar-refractivity contribution in [3.63, 3.8) is 0 Å². The molecule has 0 bridgehead atoms. The zero-order chi connectivity index (χ0) is 15.2. The zero-order valence-corrected chi connectivity index (χ0v) is 12.8. The molecule has 1 aliphatic rings. The summed E-state index contributed by atoms with van der Waals surface area (Å²) >= 11 is 0. The minimum atomic E-state index is -1.52. The summed E-state index contributed by atoms with van der Waals surface area (Å²) in [7, 11) is 0.00423. The van der Waals surface area contributed by atoms with E-state index in [2.05, 4.69) is 11.8 Å². The van der Waals surface area contributed by atoms with Gasteiger partial charge in [-0.2, -0.15) is 0 Å². The van der Waals surface area contributed by atoms with Crippen LogP contribution in [0.2, 0.25) is 0 Å². The molecule has 1 saturated heterocycles. The highest BCUT2D eigenvalue weighted by Gasteiger charge is 2.20. The van der Waals surface area contributed by atoms with Gasteiger partial charge in [0, 0.05) is 25.2 Å². The van der Waals surface area contributed by atoms with E-state index >= 15 is 0 Å². The monoisotopic (exact) mass is 293 g/mol.